The van der Waals surface area contributed by atoms with Crippen molar-refractivity contribution in [1.29, 1.82) is 0 Å². The number of ether oxygens (including phenoxy) is 2. The summed E-state index contributed by atoms with van der Waals surface area (Å²) >= 11 is 0. The van der Waals surface area contributed by atoms with Crippen molar-refractivity contribution < 1.29 is 23.0 Å². The van der Waals surface area contributed by atoms with E-state index in [0.29, 0.717) is 45.2 Å². The highest BCUT2D eigenvalue weighted by molar-refractivity contribution is 5.77. The Hall–Kier alpha value is -1.01. The highest BCUT2D eigenvalue weighted by Gasteiger charge is 2.40. The van der Waals surface area contributed by atoms with Gasteiger partial charge in [0.25, 0.3) is 6.08 Å². The van der Waals surface area contributed by atoms with Gasteiger partial charge >= 0.3 is 0 Å². The number of carbonyl (C=O) groups excluding carboxylic acids is 1. The first kappa shape index (κ1) is 12.4. The number of amides is 1. The van der Waals surface area contributed by atoms with Crippen LogP contribution in [0.15, 0.2) is 12.2 Å². The van der Waals surface area contributed by atoms with Gasteiger partial charge in [0, 0.05) is 25.9 Å². The molecular formula is C11H15F2NO3. The van der Waals surface area contributed by atoms with Crippen LogP contribution in [0.25, 0.3) is 0 Å². The molecule has 0 radical (unpaired) electrons. The summed E-state index contributed by atoms with van der Waals surface area (Å²) in [5.41, 5.74) is 0. The van der Waals surface area contributed by atoms with Crippen LogP contribution in [0.5, 0.6) is 0 Å². The first-order chi connectivity index (χ1) is 8.11. The number of carbonyl (C=O) groups is 1. The number of likely N-dealkylation sites (tertiary alicyclic amines) is 1. The van der Waals surface area contributed by atoms with E-state index in [1.54, 1.807) is 4.90 Å². The average molecular weight is 247 g/mol. The van der Waals surface area contributed by atoms with E-state index in [2.05, 4.69) is 0 Å². The summed E-state index contributed by atoms with van der Waals surface area (Å²) in [6.07, 6.45) is -0.178. The van der Waals surface area contributed by atoms with Gasteiger partial charge in [0.1, 0.15) is 0 Å². The largest absolute Gasteiger partial charge is 0.347 e. The summed E-state index contributed by atoms with van der Waals surface area (Å²) in [6.45, 7) is 2.18. The molecule has 2 rings (SSSR count). The number of piperidine rings is 1. The maximum atomic E-state index is 11.9. The van der Waals surface area contributed by atoms with Crippen LogP contribution in [0.3, 0.4) is 0 Å². The highest BCUT2D eigenvalue weighted by Crippen LogP contribution is 2.31. The molecule has 0 unspecified atom stereocenters. The smallest absolute Gasteiger partial charge is 0.266 e. The number of hydrogen-bond donors (Lipinski definition) is 0. The third kappa shape index (κ3) is 3.01. The van der Waals surface area contributed by atoms with Gasteiger partial charge in [0.05, 0.1) is 19.6 Å². The quantitative estimate of drug-likeness (QED) is 0.742. The number of hydrogen-bond acceptors (Lipinski definition) is 3. The van der Waals surface area contributed by atoms with E-state index < -0.39 is 11.9 Å². The van der Waals surface area contributed by atoms with Crippen LogP contribution in [0.4, 0.5) is 8.78 Å². The Balaban J connectivity index is 1.82. The van der Waals surface area contributed by atoms with Crippen LogP contribution in [-0.4, -0.2) is 42.9 Å². The molecular weight excluding hydrogens is 232 g/mol. The minimum absolute atomic E-state index is 0.239. The topological polar surface area (TPSA) is 38.8 Å². The lowest BCUT2D eigenvalue weighted by Gasteiger charge is -2.37. The van der Waals surface area contributed by atoms with E-state index >= 15 is 0 Å². The second-order valence-electron chi connectivity index (χ2n) is 4.19. The molecule has 17 heavy (non-hydrogen) atoms. The minimum atomic E-state index is -1.81. The lowest BCUT2D eigenvalue weighted by molar-refractivity contribution is -0.187. The Morgan fingerprint density at radius 2 is 1.82 bits per heavy atom. The summed E-state index contributed by atoms with van der Waals surface area (Å²) < 4.78 is 34.7. The van der Waals surface area contributed by atoms with Gasteiger partial charge in [-0.25, -0.2) is 0 Å². The molecule has 0 aliphatic carbocycles. The van der Waals surface area contributed by atoms with E-state index in [4.69, 9.17) is 9.47 Å². The predicted molar refractivity (Wildman–Crippen MR) is 55.4 cm³/mol. The molecule has 0 N–H and O–H groups in total. The first-order valence-electron chi connectivity index (χ1n) is 5.68. The molecule has 0 atom stereocenters. The van der Waals surface area contributed by atoms with Gasteiger partial charge in [-0.3, -0.25) is 4.79 Å². The second kappa shape index (κ2) is 5.10. The monoisotopic (exact) mass is 247 g/mol. The Kier molecular flexibility index (Phi) is 3.73. The van der Waals surface area contributed by atoms with Crippen LogP contribution in [0.2, 0.25) is 0 Å². The van der Waals surface area contributed by atoms with Gasteiger partial charge in [-0.2, -0.15) is 8.78 Å². The van der Waals surface area contributed by atoms with Gasteiger partial charge in [-0.05, 0) is 6.08 Å². The molecule has 2 aliphatic rings. The Morgan fingerprint density at radius 1 is 1.24 bits per heavy atom. The van der Waals surface area contributed by atoms with Crippen molar-refractivity contribution >= 4 is 5.91 Å². The number of halogens is 2. The van der Waals surface area contributed by atoms with E-state index in [9.17, 15) is 13.6 Å². The SMILES string of the molecule is O=C(CC=C(F)F)N1CCC2(CC1)OCCO2. The molecule has 4 nitrogen and oxygen atoms in total. The molecule has 0 aromatic heterocycles. The standard InChI is InChI=1S/C11H15F2NO3/c12-9(13)1-2-10(15)14-5-3-11(4-6-14)16-7-8-17-11/h1H,2-8H2. The van der Waals surface area contributed by atoms with Gasteiger partial charge in [0.15, 0.2) is 5.79 Å². The van der Waals surface area contributed by atoms with Crippen LogP contribution < -0.4 is 0 Å². The highest BCUT2D eigenvalue weighted by atomic mass is 19.3. The molecule has 96 valence electrons. The molecule has 0 aromatic carbocycles. The van der Waals surface area contributed by atoms with Crippen LogP contribution >= 0.6 is 0 Å². The molecule has 2 heterocycles. The molecule has 1 amide bonds. The van der Waals surface area contributed by atoms with Crippen molar-refractivity contribution in [3.8, 4) is 0 Å². The first-order valence-corrected chi connectivity index (χ1v) is 5.68. The fraction of sp³-hybridized carbons (Fsp3) is 0.727. The number of rotatable bonds is 2. The van der Waals surface area contributed by atoms with Crippen molar-refractivity contribution in [3.63, 3.8) is 0 Å². The molecule has 6 heteroatoms. The zero-order valence-electron chi connectivity index (χ0n) is 9.45. The zero-order valence-corrected chi connectivity index (χ0v) is 9.45. The lowest BCUT2D eigenvalue weighted by Crippen LogP contribution is -2.47. The summed E-state index contributed by atoms with van der Waals surface area (Å²) in [4.78, 5) is 13.2. The maximum absolute atomic E-state index is 11.9. The predicted octanol–water partition coefficient (Wildman–Crippen LogP) is 1.52. The average Bonchev–Trinajstić information content (AvgIpc) is 2.75. The fourth-order valence-corrected chi connectivity index (χ4v) is 2.18. The third-order valence-electron chi connectivity index (χ3n) is 3.12. The fourth-order valence-electron chi connectivity index (χ4n) is 2.18. The molecule has 2 aliphatic heterocycles. The summed E-state index contributed by atoms with van der Waals surface area (Å²) in [6, 6.07) is 0. The van der Waals surface area contributed by atoms with Gasteiger partial charge < -0.3 is 14.4 Å². The van der Waals surface area contributed by atoms with Crippen molar-refractivity contribution in [2.75, 3.05) is 26.3 Å². The lowest BCUT2D eigenvalue weighted by atomic mass is 10.0. The summed E-state index contributed by atoms with van der Waals surface area (Å²) in [7, 11) is 0. The Labute approximate surface area is 98.2 Å². The van der Waals surface area contributed by atoms with E-state index in [1.807, 2.05) is 0 Å². The van der Waals surface area contributed by atoms with E-state index in [1.165, 1.54) is 0 Å². The second-order valence-corrected chi connectivity index (χ2v) is 4.19. The van der Waals surface area contributed by atoms with Crippen LogP contribution in [-0.2, 0) is 14.3 Å². The molecule has 2 fully saturated rings. The van der Waals surface area contributed by atoms with E-state index in [-0.39, 0.29) is 12.3 Å². The molecule has 1 spiro atoms. The van der Waals surface area contributed by atoms with Gasteiger partial charge in [-0.1, -0.05) is 0 Å². The maximum Gasteiger partial charge on any atom is 0.266 e. The van der Waals surface area contributed by atoms with E-state index in [0.717, 1.165) is 0 Å². The van der Waals surface area contributed by atoms with Crippen LogP contribution in [0.1, 0.15) is 19.3 Å². The van der Waals surface area contributed by atoms with Crippen LogP contribution in [0, 0.1) is 0 Å². The molecule has 0 aromatic rings. The normalized spacial score (nSPS) is 22.8. The van der Waals surface area contributed by atoms with Gasteiger partial charge in [-0.15, -0.1) is 0 Å². The molecule has 0 saturated carbocycles. The molecule has 0 bridgehead atoms. The number of nitrogens with zero attached hydrogens (tertiary/aromatic N) is 1. The van der Waals surface area contributed by atoms with Crippen molar-refractivity contribution in [1.82, 2.24) is 4.90 Å². The minimum Gasteiger partial charge on any atom is -0.347 e. The van der Waals surface area contributed by atoms with Crippen molar-refractivity contribution in [3.05, 3.63) is 12.2 Å². The molecule has 2 saturated heterocycles. The Morgan fingerprint density at radius 3 is 2.35 bits per heavy atom. The zero-order chi connectivity index (χ0) is 12.3. The van der Waals surface area contributed by atoms with Gasteiger partial charge in [0.2, 0.25) is 5.91 Å². The summed E-state index contributed by atoms with van der Waals surface area (Å²) in [5.74, 6) is -0.802. The van der Waals surface area contributed by atoms with Crippen molar-refractivity contribution in [2.24, 2.45) is 0 Å². The third-order valence-corrected chi connectivity index (χ3v) is 3.12. The Bertz CT molecular complexity index is 313. The van der Waals surface area contributed by atoms with Crippen molar-refractivity contribution in [2.45, 2.75) is 25.0 Å². The summed E-state index contributed by atoms with van der Waals surface area (Å²) in [5, 5.41) is 0.